The summed E-state index contributed by atoms with van der Waals surface area (Å²) in [4.78, 5) is 24.2. The molecule has 0 radical (unpaired) electrons. The number of carbonyl (C=O) groups is 1. The van der Waals surface area contributed by atoms with E-state index in [1.54, 1.807) is 4.90 Å². The topological polar surface area (TPSA) is 86.3 Å². The Bertz CT molecular complexity index is 423. The fourth-order valence-electron chi connectivity index (χ4n) is 1.76. The number of hydrogen-bond acceptors (Lipinski definition) is 4. The van der Waals surface area contributed by atoms with E-state index in [2.05, 4.69) is 10.2 Å². The van der Waals surface area contributed by atoms with Gasteiger partial charge in [0.25, 0.3) is 11.5 Å². The van der Waals surface area contributed by atoms with Crippen LogP contribution in [0.5, 0.6) is 0 Å². The van der Waals surface area contributed by atoms with Crippen LogP contribution in [0, 0.1) is 0 Å². The number of nitrogens with zero attached hydrogens (tertiary/aromatic N) is 2. The fourth-order valence-corrected chi connectivity index (χ4v) is 1.76. The van der Waals surface area contributed by atoms with Gasteiger partial charge in [0.15, 0.2) is 0 Å². The van der Waals surface area contributed by atoms with Crippen LogP contribution in [0.25, 0.3) is 0 Å². The minimum atomic E-state index is -0.458. The molecule has 1 fully saturated rings. The van der Waals surface area contributed by atoms with Gasteiger partial charge in [0.1, 0.15) is 5.69 Å². The first kappa shape index (κ1) is 10.8. The molecule has 0 aliphatic carbocycles. The fraction of sp³-hybridized carbons (Fsp3) is 0.500. The van der Waals surface area contributed by atoms with Gasteiger partial charge in [-0.05, 0) is 18.9 Å². The van der Waals surface area contributed by atoms with E-state index in [9.17, 15) is 14.7 Å². The molecule has 1 aromatic rings. The molecule has 86 valence electrons. The number of hydrogen-bond donors (Lipinski definition) is 2. The molecule has 0 spiro atoms. The van der Waals surface area contributed by atoms with Crippen LogP contribution in [0.15, 0.2) is 16.9 Å². The van der Waals surface area contributed by atoms with E-state index in [-0.39, 0.29) is 17.2 Å². The highest BCUT2D eigenvalue weighted by molar-refractivity contribution is 5.92. The first-order valence-corrected chi connectivity index (χ1v) is 5.20. The number of aromatic nitrogens is 2. The van der Waals surface area contributed by atoms with Crippen LogP contribution in [0.4, 0.5) is 0 Å². The summed E-state index contributed by atoms with van der Waals surface area (Å²) in [5, 5.41) is 15.3. The van der Waals surface area contributed by atoms with Gasteiger partial charge in [0, 0.05) is 19.2 Å². The zero-order valence-electron chi connectivity index (χ0n) is 8.72. The van der Waals surface area contributed by atoms with Crippen molar-refractivity contribution < 1.29 is 9.90 Å². The quantitative estimate of drug-likeness (QED) is 0.663. The van der Waals surface area contributed by atoms with Gasteiger partial charge in [-0.3, -0.25) is 9.59 Å². The molecule has 0 aromatic carbocycles. The Morgan fingerprint density at radius 1 is 1.56 bits per heavy atom. The highest BCUT2D eigenvalue weighted by Gasteiger charge is 2.23. The Morgan fingerprint density at radius 2 is 2.38 bits per heavy atom. The number of β-amino-alcohol motifs (C(OH)–C–C–N with tert-alkyl or cyclic N) is 1. The minimum Gasteiger partial charge on any atom is -0.391 e. The molecule has 2 heterocycles. The Labute approximate surface area is 91.9 Å². The van der Waals surface area contributed by atoms with E-state index in [1.165, 1.54) is 12.1 Å². The Balaban J connectivity index is 2.12. The summed E-state index contributed by atoms with van der Waals surface area (Å²) in [5.74, 6) is -0.255. The Hall–Kier alpha value is -1.69. The van der Waals surface area contributed by atoms with Gasteiger partial charge in [-0.15, -0.1) is 0 Å². The normalized spacial score (nSPS) is 20.8. The number of likely N-dealkylation sites (tertiary alicyclic amines) is 1. The number of carbonyl (C=O) groups excluding carboxylic acids is 1. The van der Waals surface area contributed by atoms with Crippen molar-refractivity contribution in [2.24, 2.45) is 0 Å². The zero-order valence-corrected chi connectivity index (χ0v) is 8.72. The SMILES string of the molecule is O=C(c1ccc(=O)[nH]n1)N1CCC[C@H](O)C1. The lowest BCUT2D eigenvalue weighted by molar-refractivity contribution is 0.0468. The van der Waals surface area contributed by atoms with Crippen LogP contribution < -0.4 is 5.56 Å². The van der Waals surface area contributed by atoms with Crippen molar-refractivity contribution >= 4 is 5.91 Å². The molecule has 2 rings (SSSR count). The molecule has 1 atom stereocenters. The summed E-state index contributed by atoms with van der Waals surface area (Å²) in [6.45, 7) is 0.955. The molecule has 1 aromatic heterocycles. The van der Waals surface area contributed by atoms with Gasteiger partial charge >= 0.3 is 0 Å². The van der Waals surface area contributed by atoms with Crippen molar-refractivity contribution in [3.05, 3.63) is 28.2 Å². The average molecular weight is 223 g/mol. The second kappa shape index (κ2) is 4.44. The van der Waals surface area contributed by atoms with E-state index in [0.29, 0.717) is 13.1 Å². The van der Waals surface area contributed by atoms with Crippen LogP contribution in [-0.4, -0.2) is 45.3 Å². The first-order chi connectivity index (χ1) is 7.66. The summed E-state index contributed by atoms with van der Waals surface area (Å²) in [7, 11) is 0. The highest BCUT2D eigenvalue weighted by Crippen LogP contribution is 2.11. The predicted octanol–water partition coefficient (Wildman–Crippen LogP) is -0.633. The van der Waals surface area contributed by atoms with Crippen LogP contribution in [0.2, 0.25) is 0 Å². The Morgan fingerprint density at radius 3 is 3.00 bits per heavy atom. The molecule has 1 saturated heterocycles. The maximum Gasteiger partial charge on any atom is 0.274 e. The molecule has 6 heteroatoms. The number of nitrogens with one attached hydrogen (secondary N) is 1. The van der Waals surface area contributed by atoms with Gasteiger partial charge in [-0.25, -0.2) is 5.10 Å². The summed E-state index contributed by atoms with van der Waals surface area (Å²) >= 11 is 0. The summed E-state index contributed by atoms with van der Waals surface area (Å²) in [5.41, 5.74) is -0.135. The van der Waals surface area contributed by atoms with Crippen molar-refractivity contribution in [2.45, 2.75) is 18.9 Å². The number of aromatic amines is 1. The van der Waals surface area contributed by atoms with Gasteiger partial charge in [-0.1, -0.05) is 0 Å². The lowest BCUT2D eigenvalue weighted by Crippen LogP contribution is -2.42. The third-order valence-electron chi connectivity index (χ3n) is 2.58. The number of piperidine rings is 1. The molecule has 16 heavy (non-hydrogen) atoms. The average Bonchev–Trinajstić information content (AvgIpc) is 2.29. The van der Waals surface area contributed by atoms with E-state index in [0.717, 1.165) is 12.8 Å². The molecule has 2 N–H and O–H groups in total. The molecule has 0 saturated carbocycles. The standard InChI is InChI=1S/C10H13N3O3/c14-7-2-1-5-13(6-7)10(16)8-3-4-9(15)12-11-8/h3-4,7,14H,1-2,5-6H2,(H,12,15)/t7-/m0/s1. The van der Waals surface area contributed by atoms with Gasteiger partial charge in [0.05, 0.1) is 6.10 Å². The maximum absolute atomic E-state index is 11.9. The van der Waals surface area contributed by atoms with Crippen molar-refractivity contribution in [1.82, 2.24) is 15.1 Å². The summed E-state index contributed by atoms with van der Waals surface area (Å²) < 4.78 is 0. The summed E-state index contributed by atoms with van der Waals surface area (Å²) in [6, 6.07) is 2.66. The van der Waals surface area contributed by atoms with E-state index >= 15 is 0 Å². The third kappa shape index (κ3) is 2.27. The van der Waals surface area contributed by atoms with Crippen molar-refractivity contribution in [2.75, 3.05) is 13.1 Å². The number of aliphatic hydroxyl groups excluding tert-OH is 1. The van der Waals surface area contributed by atoms with Gasteiger partial charge in [-0.2, -0.15) is 5.10 Å². The maximum atomic E-state index is 11.9. The molecular formula is C10H13N3O3. The second-order valence-electron chi connectivity index (χ2n) is 3.85. The van der Waals surface area contributed by atoms with Crippen LogP contribution in [-0.2, 0) is 0 Å². The smallest absolute Gasteiger partial charge is 0.274 e. The largest absolute Gasteiger partial charge is 0.391 e. The lowest BCUT2D eigenvalue weighted by Gasteiger charge is -2.29. The minimum absolute atomic E-state index is 0.203. The third-order valence-corrected chi connectivity index (χ3v) is 2.58. The second-order valence-corrected chi connectivity index (χ2v) is 3.85. The van der Waals surface area contributed by atoms with E-state index in [1.807, 2.05) is 0 Å². The number of aliphatic hydroxyl groups is 1. The predicted molar refractivity (Wildman–Crippen MR) is 56.0 cm³/mol. The summed E-state index contributed by atoms with van der Waals surface area (Å²) in [6.07, 6.45) is 1.06. The number of amides is 1. The number of H-pyrrole nitrogens is 1. The van der Waals surface area contributed by atoms with Gasteiger partial charge in [0.2, 0.25) is 0 Å². The number of rotatable bonds is 1. The zero-order chi connectivity index (χ0) is 11.5. The molecule has 1 aliphatic rings. The highest BCUT2D eigenvalue weighted by atomic mass is 16.3. The van der Waals surface area contributed by atoms with Crippen molar-refractivity contribution in [3.63, 3.8) is 0 Å². The van der Waals surface area contributed by atoms with Crippen molar-refractivity contribution in [3.8, 4) is 0 Å². The van der Waals surface area contributed by atoms with Crippen LogP contribution in [0.1, 0.15) is 23.3 Å². The molecule has 1 aliphatic heterocycles. The van der Waals surface area contributed by atoms with Crippen molar-refractivity contribution in [1.29, 1.82) is 0 Å². The van der Waals surface area contributed by atoms with Crippen LogP contribution in [0.3, 0.4) is 0 Å². The van der Waals surface area contributed by atoms with E-state index < -0.39 is 6.10 Å². The monoisotopic (exact) mass is 223 g/mol. The molecule has 0 unspecified atom stereocenters. The Kier molecular flexibility index (Phi) is 3.00. The van der Waals surface area contributed by atoms with Gasteiger partial charge < -0.3 is 10.0 Å². The van der Waals surface area contributed by atoms with E-state index in [4.69, 9.17) is 0 Å². The van der Waals surface area contributed by atoms with Crippen LogP contribution >= 0.6 is 0 Å². The lowest BCUT2D eigenvalue weighted by atomic mass is 10.1. The molecule has 1 amide bonds. The first-order valence-electron chi connectivity index (χ1n) is 5.20. The molecule has 6 nitrogen and oxygen atoms in total. The molecular weight excluding hydrogens is 210 g/mol. The molecule has 0 bridgehead atoms.